The zero-order valence-electron chi connectivity index (χ0n) is 15.1. The van der Waals surface area contributed by atoms with Crippen molar-refractivity contribution in [2.75, 3.05) is 46.4 Å². The highest BCUT2D eigenvalue weighted by Crippen LogP contribution is 2.26. The number of ether oxygens (including phenoxy) is 1. The summed E-state index contributed by atoms with van der Waals surface area (Å²) in [4.78, 5) is 16.7. The minimum absolute atomic E-state index is 0.120. The third kappa shape index (κ3) is 4.59. The van der Waals surface area contributed by atoms with Crippen LogP contribution in [0.25, 0.3) is 0 Å². The third-order valence-corrected chi connectivity index (χ3v) is 5.54. The van der Waals surface area contributed by atoms with Crippen LogP contribution in [-0.4, -0.2) is 96.7 Å². The van der Waals surface area contributed by atoms with Gasteiger partial charge in [0.2, 0.25) is 0 Å². The van der Waals surface area contributed by atoms with E-state index in [0.717, 1.165) is 32.2 Å². The molecule has 7 nitrogen and oxygen atoms in total. The first-order valence-corrected chi connectivity index (χ1v) is 9.38. The number of aliphatic hydroxyl groups excluding tert-OH is 2. The summed E-state index contributed by atoms with van der Waals surface area (Å²) in [5, 5.41) is 22.7. The summed E-state index contributed by atoms with van der Waals surface area (Å²) < 4.78 is 19.0. The molecule has 9 heteroatoms. The Labute approximate surface area is 162 Å². The van der Waals surface area contributed by atoms with Gasteiger partial charge < -0.3 is 25.2 Å². The number of nitrogens with one attached hydrogen (secondary N) is 1. The van der Waals surface area contributed by atoms with Gasteiger partial charge in [0.05, 0.1) is 23.8 Å². The molecule has 2 saturated heterocycles. The second-order valence-corrected chi connectivity index (χ2v) is 7.46. The number of rotatable bonds is 5. The van der Waals surface area contributed by atoms with Gasteiger partial charge in [0.1, 0.15) is 18.0 Å². The van der Waals surface area contributed by atoms with Crippen LogP contribution in [0, 0.1) is 5.82 Å². The first-order valence-electron chi connectivity index (χ1n) is 9.01. The van der Waals surface area contributed by atoms with Gasteiger partial charge in [-0.3, -0.25) is 9.69 Å². The molecule has 0 radical (unpaired) electrons. The van der Waals surface area contributed by atoms with Crippen LogP contribution in [0.5, 0.6) is 0 Å². The highest BCUT2D eigenvalue weighted by atomic mass is 35.5. The van der Waals surface area contributed by atoms with Crippen molar-refractivity contribution < 1.29 is 24.1 Å². The van der Waals surface area contributed by atoms with Crippen LogP contribution in [0.4, 0.5) is 4.39 Å². The summed E-state index contributed by atoms with van der Waals surface area (Å²) in [5.74, 6) is -0.990. The Bertz CT molecular complexity index is 672. The SMILES string of the molecule is CN1CCN([C@@H]2[C@H](O)[C@H](CO)O[C@@H]2CNC(=O)c2ccc(F)c(Cl)c2)CC1. The number of likely N-dealkylation sites (N-methyl/N-ethyl adjacent to an activating group) is 1. The van der Waals surface area contributed by atoms with E-state index in [-0.39, 0.29) is 29.8 Å². The molecule has 4 atom stereocenters. The Morgan fingerprint density at radius 3 is 2.67 bits per heavy atom. The van der Waals surface area contributed by atoms with Gasteiger partial charge in [0.15, 0.2) is 0 Å². The van der Waals surface area contributed by atoms with Gasteiger partial charge >= 0.3 is 0 Å². The predicted molar refractivity (Wildman–Crippen MR) is 98.4 cm³/mol. The fraction of sp³-hybridized carbons (Fsp3) is 0.611. The standard InChI is InChI=1S/C18H25ClFN3O4/c1-22-4-6-23(7-5-22)16-14(27-15(10-24)17(16)25)9-21-18(26)11-2-3-13(20)12(19)8-11/h2-3,8,14-17,24-25H,4-7,9-10H2,1H3,(H,21,26)/t14-,15+,16+,17-/m1/s1. The Hall–Kier alpha value is -1.29. The van der Waals surface area contributed by atoms with E-state index in [1.54, 1.807) is 0 Å². The number of benzene rings is 1. The van der Waals surface area contributed by atoms with E-state index >= 15 is 0 Å². The summed E-state index contributed by atoms with van der Waals surface area (Å²) in [6, 6.07) is 3.45. The average Bonchev–Trinajstić information content (AvgIpc) is 2.98. The molecule has 27 heavy (non-hydrogen) atoms. The number of halogens is 2. The molecule has 0 spiro atoms. The zero-order valence-corrected chi connectivity index (χ0v) is 15.9. The van der Waals surface area contributed by atoms with E-state index < -0.39 is 30.0 Å². The highest BCUT2D eigenvalue weighted by Gasteiger charge is 2.46. The molecule has 0 aliphatic carbocycles. The second-order valence-electron chi connectivity index (χ2n) is 7.05. The lowest BCUT2D eigenvalue weighted by molar-refractivity contribution is -0.0209. The fourth-order valence-corrected chi connectivity index (χ4v) is 3.83. The van der Waals surface area contributed by atoms with Crippen LogP contribution < -0.4 is 5.32 Å². The van der Waals surface area contributed by atoms with Crippen molar-refractivity contribution in [2.45, 2.75) is 24.4 Å². The molecule has 0 aromatic heterocycles. The Morgan fingerprint density at radius 1 is 1.33 bits per heavy atom. The van der Waals surface area contributed by atoms with Crippen molar-refractivity contribution in [3.8, 4) is 0 Å². The van der Waals surface area contributed by atoms with E-state index in [1.165, 1.54) is 12.1 Å². The molecule has 150 valence electrons. The first-order chi connectivity index (χ1) is 12.9. The lowest BCUT2D eigenvalue weighted by Gasteiger charge is -2.39. The lowest BCUT2D eigenvalue weighted by atomic mass is 10.0. The quantitative estimate of drug-likeness (QED) is 0.641. The van der Waals surface area contributed by atoms with Crippen molar-refractivity contribution in [1.82, 2.24) is 15.1 Å². The number of hydrogen-bond donors (Lipinski definition) is 3. The lowest BCUT2D eigenvalue weighted by Crippen LogP contribution is -2.56. The molecular weight excluding hydrogens is 377 g/mol. The van der Waals surface area contributed by atoms with Crippen molar-refractivity contribution in [2.24, 2.45) is 0 Å². The van der Waals surface area contributed by atoms with E-state index in [1.807, 2.05) is 7.05 Å². The van der Waals surface area contributed by atoms with Crippen LogP contribution in [-0.2, 0) is 4.74 Å². The van der Waals surface area contributed by atoms with Gasteiger partial charge in [-0.1, -0.05) is 11.6 Å². The molecule has 0 bridgehead atoms. The number of amides is 1. The van der Waals surface area contributed by atoms with Crippen molar-refractivity contribution >= 4 is 17.5 Å². The van der Waals surface area contributed by atoms with E-state index in [9.17, 15) is 19.4 Å². The molecule has 1 amide bonds. The van der Waals surface area contributed by atoms with Gasteiger partial charge in [0, 0.05) is 38.3 Å². The monoisotopic (exact) mass is 401 g/mol. The fourth-order valence-electron chi connectivity index (χ4n) is 3.65. The minimum atomic E-state index is -0.833. The molecule has 2 heterocycles. The molecule has 3 N–H and O–H groups in total. The molecule has 2 aliphatic heterocycles. The van der Waals surface area contributed by atoms with Crippen molar-refractivity contribution in [3.05, 3.63) is 34.6 Å². The van der Waals surface area contributed by atoms with Crippen LogP contribution in [0.2, 0.25) is 5.02 Å². The van der Waals surface area contributed by atoms with Crippen LogP contribution in [0.15, 0.2) is 18.2 Å². The maximum Gasteiger partial charge on any atom is 0.251 e. The molecule has 2 fully saturated rings. The summed E-state index contributed by atoms with van der Waals surface area (Å²) in [7, 11) is 2.04. The normalized spacial score (nSPS) is 29.8. The van der Waals surface area contributed by atoms with Crippen LogP contribution in [0.1, 0.15) is 10.4 Å². The number of hydrogen-bond acceptors (Lipinski definition) is 6. The number of nitrogens with zero attached hydrogens (tertiary/aromatic N) is 2. The van der Waals surface area contributed by atoms with E-state index in [0.29, 0.717) is 0 Å². The summed E-state index contributed by atoms with van der Waals surface area (Å²) >= 11 is 5.73. The van der Waals surface area contributed by atoms with Gasteiger partial charge in [-0.15, -0.1) is 0 Å². The highest BCUT2D eigenvalue weighted by molar-refractivity contribution is 6.31. The summed E-state index contributed by atoms with van der Waals surface area (Å²) in [5.41, 5.74) is 0.245. The third-order valence-electron chi connectivity index (χ3n) is 5.25. The van der Waals surface area contributed by atoms with Crippen LogP contribution in [0.3, 0.4) is 0 Å². The molecule has 1 aromatic carbocycles. The van der Waals surface area contributed by atoms with Gasteiger partial charge in [-0.25, -0.2) is 4.39 Å². The Balaban J connectivity index is 1.65. The van der Waals surface area contributed by atoms with Gasteiger partial charge in [-0.2, -0.15) is 0 Å². The van der Waals surface area contributed by atoms with Crippen LogP contribution >= 0.6 is 11.6 Å². The maximum absolute atomic E-state index is 13.3. The molecule has 0 unspecified atom stereocenters. The molecule has 2 aliphatic rings. The summed E-state index contributed by atoms with van der Waals surface area (Å²) in [6.07, 6.45) is -1.97. The van der Waals surface area contributed by atoms with Crippen molar-refractivity contribution in [1.29, 1.82) is 0 Å². The molecular formula is C18H25ClFN3O4. The minimum Gasteiger partial charge on any atom is -0.394 e. The number of carbonyl (C=O) groups is 1. The molecule has 3 rings (SSSR count). The Morgan fingerprint density at radius 2 is 2.04 bits per heavy atom. The smallest absolute Gasteiger partial charge is 0.251 e. The number of piperazine rings is 1. The molecule has 0 saturated carbocycles. The summed E-state index contributed by atoms with van der Waals surface area (Å²) in [6.45, 7) is 3.18. The van der Waals surface area contributed by atoms with Gasteiger partial charge in [0.25, 0.3) is 5.91 Å². The van der Waals surface area contributed by atoms with E-state index in [4.69, 9.17) is 16.3 Å². The van der Waals surface area contributed by atoms with Gasteiger partial charge in [-0.05, 0) is 25.2 Å². The predicted octanol–water partition coefficient (Wildman–Crippen LogP) is -0.0545. The maximum atomic E-state index is 13.3. The molecule has 1 aromatic rings. The van der Waals surface area contributed by atoms with Crippen molar-refractivity contribution in [3.63, 3.8) is 0 Å². The second kappa shape index (κ2) is 8.81. The first kappa shape index (κ1) is 20.4. The van der Waals surface area contributed by atoms with E-state index in [2.05, 4.69) is 15.1 Å². The number of aliphatic hydroxyl groups is 2. The topological polar surface area (TPSA) is 85.3 Å². The Kier molecular flexibility index (Phi) is 6.67. The zero-order chi connectivity index (χ0) is 19.6. The largest absolute Gasteiger partial charge is 0.394 e. The average molecular weight is 402 g/mol. The number of carbonyl (C=O) groups excluding carboxylic acids is 1.